The van der Waals surface area contributed by atoms with E-state index >= 15 is 0 Å². The summed E-state index contributed by atoms with van der Waals surface area (Å²) in [6.07, 6.45) is -0.524. The lowest BCUT2D eigenvalue weighted by atomic mass is 10.1. The highest BCUT2D eigenvalue weighted by Crippen LogP contribution is 2.09. The summed E-state index contributed by atoms with van der Waals surface area (Å²) in [7, 11) is 0. The van der Waals surface area contributed by atoms with E-state index in [1.165, 1.54) is 0 Å². The Kier molecular flexibility index (Phi) is 5.55. The molecule has 0 aliphatic heterocycles. The largest absolute Gasteiger partial charge is 0.391 e. The van der Waals surface area contributed by atoms with Crippen LogP contribution in [0.3, 0.4) is 0 Å². The Morgan fingerprint density at radius 1 is 1.26 bits per heavy atom. The third-order valence-corrected chi connectivity index (χ3v) is 3.89. The normalized spacial score (nSPS) is 12.4. The number of aryl methyl sites for hydroxylation is 2. The Balaban J connectivity index is 1.96. The highest BCUT2D eigenvalue weighted by Gasteiger charge is 2.12. The molecule has 2 N–H and O–H groups in total. The number of aliphatic hydroxyl groups excluding tert-OH is 1. The average molecular weight is 315 g/mol. The van der Waals surface area contributed by atoms with Crippen molar-refractivity contribution in [1.29, 1.82) is 0 Å². The number of carbonyl (C=O) groups excluding carboxylic acids is 1. The zero-order chi connectivity index (χ0) is 17.0. The second-order valence-corrected chi connectivity index (χ2v) is 6.30. The molecule has 23 heavy (non-hydrogen) atoms. The molecule has 1 amide bonds. The number of amides is 1. The molecule has 0 aliphatic carbocycles. The van der Waals surface area contributed by atoms with Crippen LogP contribution in [-0.4, -0.2) is 33.4 Å². The standard InChI is InChI=1S/C18H25N3O2/c1-12(2)17(22)10-19-18(23)16-7-5-15(6-8-16)11-21-14(4)9-13(3)20-21/h5-9,12,17,22H,10-11H2,1-4H3,(H,19,23). The van der Waals surface area contributed by atoms with Crippen molar-refractivity contribution >= 4 is 5.91 Å². The SMILES string of the molecule is Cc1cc(C)n(Cc2ccc(C(=O)NCC(O)C(C)C)cc2)n1. The number of hydrogen-bond donors (Lipinski definition) is 2. The smallest absolute Gasteiger partial charge is 0.251 e. The first-order valence-electron chi connectivity index (χ1n) is 7.93. The van der Waals surface area contributed by atoms with Gasteiger partial charge in [-0.1, -0.05) is 26.0 Å². The monoisotopic (exact) mass is 315 g/mol. The molecule has 5 nitrogen and oxygen atoms in total. The second-order valence-electron chi connectivity index (χ2n) is 6.30. The van der Waals surface area contributed by atoms with Crippen LogP contribution in [0.15, 0.2) is 30.3 Å². The van der Waals surface area contributed by atoms with Crippen LogP contribution in [0.2, 0.25) is 0 Å². The molecule has 0 bridgehead atoms. The number of aliphatic hydroxyl groups is 1. The van der Waals surface area contributed by atoms with Crippen LogP contribution in [0.1, 0.15) is 41.2 Å². The molecule has 124 valence electrons. The van der Waals surface area contributed by atoms with Gasteiger partial charge in [0, 0.05) is 17.8 Å². The van der Waals surface area contributed by atoms with E-state index in [2.05, 4.69) is 10.4 Å². The van der Waals surface area contributed by atoms with Crippen molar-refractivity contribution < 1.29 is 9.90 Å². The van der Waals surface area contributed by atoms with E-state index in [1.807, 2.05) is 50.6 Å². The minimum Gasteiger partial charge on any atom is -0.391 e. The molecule has 0 saturated carbocycles. The van der Waals surface area contributed by atoms with Crippen molar-refractivity contribution in [1.82, 2.24) is 15.1 Å². The van der Waals surface area contributed by atoms with Crippen molar-refractivity contribution in [2.75, 3.05) is 6.54 Å². The average Bonchev–Trinajstić information content (AvgIpc) is 2.82. The Labute approximate surface area is 137 Å². The molecule has 2 rings (SSSR count). The van der Waals surface area contributed by atoms with Crippen LogP contribution < -0.4 is 5.32 Å². The number of nitrogens with zero attached hydrogens (tertiary/aromatic N) is 2. The van der Waals surface area contributed by atoms with Crippen LogP contribution in [-0.2, 0) is 6.54 Å². The van der Waals surface area contributed by atoms with Crippen LogP contribution in [0.4, 0.5) is 0 Å². The predicted octanol–water partition coefficient (Wildman–Crippen LogP) is 2.29. The molecule has 1 aromatic heterocycles. The lowest BCUT2D eigenvalue weighted by Gasteiger charge is -2.15. The quantitative estimate of drug-likeness (QED) is 0.859. The maximum absolute atomic E-state index is 12.1. The fraction of sp³-hybridized carbons (Fsp3) is 0.444. The topological polar surface area (TPSA) is 67.2 Å². The van der Waals surface area contributed by atoms with Gasteiger partial charge < -0.3 is 10.4 Å². The highest BCUT2D eigenvalue weighted by molar-refractivity contribution is 5.94. The van der Waals surface area contributed by atoms with E-state index in [-0.39, 0.29) is 18.4 Å². The third kappa shape index (κ3) is 4.66. The van der Waals surface area contributed by atoms with Gasteiger partial charge in [-0.15, -0.1) is 0 Å². The van der Waals surface area contributed by atoms with Crippen LogP contribution in [0.5, 0.6) is 0 Å². The first kappa shape index (κ1) is 17.2. The van der Waals surface area contributed by atoms with Crippen LogP contribution >= 0.6 is 0 Å². The summed E-state index contributed by atoms with van der Waals surface area (Å²) in [5.74, 6) is -0.0409. The molecule has 5 heteroatoms. The second kappa shape index (κ2) is 7.42. The molecule has 1 aromatic carbocycles. The number of nitrogens with one attached hydrogen (secondary N) is 1. The van der Waals surface area contributed by atoms with Crippen LogP contribution in [0, 0.1) is 19.8 Å². The summed E-state index contributed by atoms with van der Waals surface area (Å²) in [5, 5.41) is 16.9. The zero-order valence-corrected chi connectivity index (χ0v) is 14.2. The maximum atomic E-state index is 12.1. The van der Waals surface area contributed by atoms with Gasteiger partial charge in [-0.2, -0.15) is 5.10 Å². The van der Waals surface area contributed by atoms with Gasteiger partial charge in [0.15, 0.2) is 0 Å². The van der Waals surface area contributed by atoms with Gasteiger partial charge >= 0.3 is 0 Å². The third-order valence-electron chi connectivity index (χ3n) is 3.89. The molecule has 1 heterocycles. The number of rotatable bonds is 6. The summed E-state index contributed by atoms with van der Waals surface area (Å²) in [4.78, 5) is 12.1. The molecule has 1 unspecified atom stereocenters. The Bertz CT molecular complexity index is 659. The molecular weight excluding hydrogens is 290 g/mol. The highest BCUT2D eigenvalue weighted by atomic mass is 16.3. The lowest BCUT2D eigenvalue weighted by molar-refractivity contribution is 0.0871. The number of carbonyl (C=O) groups is 1. The van der Waals surface area contributed by atoms with E-state index in [1.54, 1.807) is 12.1 Å². The van der Waals surface area contributed by atoms with Gasteiger partial charge in [-0.05, 0) is 43.5 Å². The van der Waals surface area contributed by atoms with Crippen molar-refractivity contribution in [3.63, 3.8) is 0 Å². The number of benzene rings is 1. The van der Waals surface area contributed by atoms with Crippen molar-refractivity contribution in [2.24, 2.45) is 5.92 Å². The Morgan fingerprint density at radius 2 is 1.91 bits per heavy atom. The van der Waals surface area contributed by atoms with Gasteiger partial charge in [-0.3, -0.25) is 9.48 Å². The Hall–Kier alpha value is -2.14. The summed E-state index contributed by atoms with van der Waals surface area (Å²) in [6.45, 7) is 8.80. The summed E-state index contributed by atoms with van der Waals surface area (Å²) >= 11 is 0. The fourth-order valence-electron chi connectivity index (χ4n) is 2.30. The van der Waals surface area contributed by atoms with Gasteiger partial charge in [-0.25, -0.2) is 0 Å². The fourth-order valence-corrected chi connectivity index (χ4v) is 2.30. The minimum atomic E-state index is -0.524. The predicted molar refractivity (Wildman–Crippen MR) is 90.4 cm³/mol. The van der Waals surface area contributed by atoms with Crippen molar-refractivity contribution in [3.05, 3.63) is 52.8 Å². The van der Waals surface area contributed by atoms with E-state index in [0.29, 0.717) is 12.1 Å². The molecule has 1 atom stereocenters. The van der Waals surface area contributed by atoms with E-state index in [0.717, 1.165) is 17.0 Å². The summed E-state index contributed by atoms with van der Waals surface area (Å²) < 4.78 is 1.95. The van der Waals surface area contributed by atoms with E-state index in [4.69, 9.17) is 0 Å². The van der Waals surface area contributed by atoms with Gasteiger partial charge in [0.05, 0.1) is 18.3 Å². The van der Waals surface area contributed by atoms with E-state index < -0.39 is 6.10 Å². The van der Waals surface area contributed by atoms with Gasteiger partial charge in [0.25, 0.3) is 5.91 Å². The molecule has 0 aliphatic rings. The maximum Gasteiger partial charge on any atom is 0.251 e. The minimum absolute atomic E-state index is 0.124. The first-order valence-corrected chi connectivity index (χ1v) is 7.93. The van der Waals surface area contributed by atoms with E-state index in [9.17, 15) is 9.90 Å². The lowest BCUT2D eigenvalue weighted by Crippen LogP contribution is -2.34. The summed E-state index contributed by atoms with van der Waals surface area (Å²) in [6, 6.07) is 9.52. The molecular formula is C18H25N3O2. The molecule has 2 aromatic rings. The van der Waals surface area contributed by atoms with Gasteiger partial charge in [0.2, 0.25) is 0 Å². The van der Waals surface area contributed by atoms with Crippen LogP contribution in [0.25, 0.3) is 0 Å². The molecule has 0 saturated heterocycles. The molecule has 0 spiro atoms. The van der Waals surface area contributed by atoms with Gasteiger partial charge in [0.1, 0.15) is 0 Å². The van der Waals surface area contributed by atoms with Crippen molar-refractivity contribution in [2.45, 2.75) is 40.3 Å². The summed E-state index contributed by atoms with van der Waals surface area (Å²) in [5.41, 5.74) is 3.81. The number of hydrogen-bond acceptors (Lipinski definition) is 3. The number of aromatic nitrogens is 2. The van der Waals surface area contributed by atoms with Crippen molar-refractivity contribution in [3.8, 4) is 0 Å². The Morgan fingerprint density at radius 3 is 2.43 bits per heavy atom. The zero-order valence-electron chi connectivity index (χ0n) is 14.2. The first-order chi connectivity index (χ1) is 10.9. The molecule has 0 radical (unpaired) electrons. The molecule has 0 fully saturated rings.